The van der Waals surface area contributed by atoms with Crippen LogP contribution in [0.25, 0.3) is 76.8 Å². The average molecular weight is 622 g/mol. The summed E-state index contributed by atoms with van der Waals surface area (Å²) in [7, 11) is 0. The van der Waals surface area contributed by atoms with E-state index >= 15 is 0 Å². The Morgan fingerprint density at radius 1 is 0.306 bits per heavy atom. The molecule has 0 saturated heterocycles. The third-order valence-electron chi connectivity index (χ3n) is 10.2. The molecule has 0 spiro atoms. The summed E-state index contributed by atoms with van der Waals surface area (Å²) in [5, 5.41) is 7.44. The number of benzene rings is 9. The van der Waals surface area contributed by atoms with Crippen molar-refractivity contribution >= 4 is 49.4 Å². The molecule has 10 rings (SSSR count). The molecule has 0 radical (unpaired) electrons. The van der Waals surface area contributed by atoms with E-state index in [4.69, 9.17) is 0 Å². The van der Waals surface area contributed by atoms with Gasteiger partial charge in [-0.1, -0.05) is 170 Å². The van der Waals surface area contributed by atoms with Gasteiger partial charge in [-0.25, -0.2) is 0 Å². The molecule has 49 heavy (non-hydrogen) atoms. The molecule has 0 aromatic heterocycles. The van der Waals surface area contributed by atoms with Crippen LogP contribution in [0.15, 0.2) is 188 Å². The molecule has 1 nitrogen and oxygen atoms in total. The smallest absolute Gasteiger partial charge is 0.0619 e. The number of hydrogen-bond donors (Lipinski definition) is 0. The maximum Gasteiger partial charge on any atom is 0.0619 e. The lowest BCUT2D eigenvalue weighted by atomic mass is 9.87. The minimum absolute atomic E-state index is 1.12. The quantitative estimate of drug-likeness (QED) is 0.177. The molecule has 1 heteroatoms. The Morgan fingerprint density at radius 2 is 0.816 bits per heavy atom. The number of nitrogens with zero attached hydrogens (tertiary/aromatic N) is 1. The molecule has 0 atom stereocenters. The lowest BCUT2D eigenvalue weighted by Gasteiger charge is -2.31. The van der Waals surface area contributed by atoms with E-state index in [1.54, 1.807) is 0 Å². The predicted molar refractivity (Wildman–Crippen MR) is 209 cm³/mol. The summed E-state index contributed by atoms with van der Waals surface area (Å²) >= 11 is 0. The zero-order valence-corrected chi connectivity index (χ0v) is 26.8. The highest BCUT2D eigenvalue weighted by molar-refractivity contribution is 6.28. The molecule has 1 aliphatic rings. The molecule has 0 fully saturated rings. The van der Waals surface area contributed by atoms with E-state index in [0.29, 0.717) is 0 Å². The van der Waals surface area contributed by atoms with Crippen LogP contribution >= 0.6 is 0 Å². The molecule has 0 heterocycles. The molecule has 0 saturated carbocycles. The molecule has 0 N–H and O–H groups in total. The van der Waals surface area contributed by atoms with E-state index < -0.39 is 0 Å². The van der Waals surface area contributed by atoms with Gasteiger partial charge in [0.2, 0.25) is 0 Å². The van der Waals surface area contributed by atoms with Crippen LogP contribution in [0.4, 0.5) is 17.1 Å². The fraction of sp³-hybridized carbons (Fsp3) is 0. The van der Waals surface area contributed by atoms with Crippen molar-refractivity contribution in [2.75, 3.05) is 4.90 Å². The molecule has 9 aromatic carbocycles. The minimum Gasteiger partial charge on any atom is -0.309 e. The summed E-state index contributed by atoms with van der Waals surface area (Å²) in [5.74, 6) is 0. The normalized spacial score (nSPS) is 11.7. The Balaban J connectivity index is 1.36. The van der Waals surface area contributed by atoms with Crippen LogP contribution in [-0.2, 0) is 0 Å². The van der Waals surface area contributed by atoms with Crippen LogP contribution in [0, 0.1) is 0 Å². The predicted octanol–water partition coefficient (Wildman–Crippen LogP) is 13.6. The summed E-state index contributed by atoms with van der Waals surface area (Å²) in [6, 6.07) is 68.8. The Kier molecular flexibility index (Phi) is 6.25. The van der Waals surface area contributed by atoms with Crippen molar-refractivity contribution in [1.82, 2.24) is 0 Å². The molecule has 9 aromatic rings. The number of fused-ring (bicyclic) bond motifs is 8. The average Bonchev–Trinajstić information content (AvgIpc) is 3.30. The van der Waals surface area contributed by atoms with Gasteiger partial charge in [-0.15, -0.1) is 0 Å². The Bertz CT molecular complexity index is 2700. The standard InChI is InChI=1S/C48H31N/c1-2-14-32(15-3-1)33-28-30-35(31-29-33)49(45-27-12-17-34-16-4-5-18-36(34)45)48-43-24-11-10-23-42(43)46-40-22-9-8-21-38(40)37-19-6-7-20-39(37)41-25-13-26-44(48)47(41)46/h1-31H. The zero-order chi connectivity index (χ0) is 32.3. The van der Waals surface area contributed by atoms with Crippen LogP contribution in [0.2, 0.25) is 0 Å². The maximum absolute atomic E-state index is 2.50. The third-order valence-corrected chi connectivity index (χ3v) is 10.2. The van der Waals surface area contributed by atoms with Gasteiger partial charge < -0.3 is 4.90 Å². The number of anilines is 3. The van der Waals surface area contributed by atoms with Gasteiger partial charge in [-0.3, -0.25) is 0 Å². The van der Waals surface area contributed by atoms with Crippen LogP contribution in [0.5, 0.6) is 0 Å². The second kappa shape index (κ2) is 11.1. The summed E-state index contributed by atoms with van der Waals surface area (Å²) in [5.41, 5.74) is 13.5. The summed E-state index contributed by atoms with van der Waals surface area (Å²) < 4.78 is 0. The molecule has 228 valence electrons. The topological polar surface area (TPSA) is 3.24 Å². The molecule has 0 amide bonds. The largest absolute Gasteiger partial charge is 0.309 e. The van der Waals surface area contributed by atoms with E-state index in [-0.39, 0.29) is 0 Å². The fourth-order valence-corrected chi connectivity index (χ4v) is 8.07. The lowest BCUT2D eigenvalue weighted by molar-refractivity contribution is 1.33. The first-order valence-electron chi connectivity index (χ1n) is 17.0. The third kappa shape index (κ3) is 4.26. The molecule has 0 bridgehead atoms. The Hall–Kier alpha value is -6.44. The molecular weight excluding hydrogens is 591 g/mol. The van der Waals surface area contributed by atoms with E-state index in [1.807, 2.05) is 0 Å². The van der Waals surface area contributed by atoms with Gasteiger partial charge in [-0.2, -0.15) is 0 Å². The summed E-state index contributed by atoms with van der Waals surface area (Å²) in [4.78, 5) is 2.50. The summed E-state index contributed by atoms with van der Waals surface area (Å²) in [6.45, 7) is 0. The molecular formula is C48H31N. The SMILES string of the molecule is c1ccc(-c2ccc(N(c3cccc4ccccc34)c3c4ccccc4c4c5c(cccc35)-c3ccccc3-c3ccccc3-4)cc2)cc1. The monoisotopic (exact) mass is 621 g/mol. The second-order valence-electron chi connectivity index (χ2n) is 12.8. The first kappa shape index (κ1) is 27.7. The van der Waals surface area contributed by atoms with Crippen molar-refractivity contribution in [3.8, 4) is 44.5 Å². The van der Waals surface area contributed by atoms with E-state index in [0.717, 1.165) is 11.4 Å². The maximum atomic E-state index is 2.50. The van der Waals surface area contributed by atoms with Crippen LogP contribution in [-0.4, -0.2) is 0 Å². The van der Waals surface area contributed by atoms with E-state index in [1.165, 1.54) is 82.5 Å². The first-order chi connectivity index (χ1) is 24.3. The highest BCUT2D eigenvalue weighted by atomic mass is 15.1. The van der Waals surface area contributed by atoms with Gasteiger partial charge in [0.1, 0.15) is 0 Å². The van der Waals surface area contributed by atoms with Gasteiger partial charge >= 0.3 is 0 Å². The highest BCUT2D eigenvalue weighted by Crippen LogP contribution is 2.55. The van der Waals surface area contributed by atoms with Crippen LogP contribution in [0.1, 0.15) is 0 Å². The van der Waals surface area contributed by atoms with Crippen molar-refractivity contribution in [2.24, 2.45) is 0 Å². The Labute approximate surface area is 286 Å². The molecule has 1 aliphatic carbocycles. The van der Waals surface area contributed by atoms with Gasteiger partial charge in [0.25, 0.3) is 0 Å². The van der Waals surface area contributed by atoms with Gasteiger partial charge in [0, 0.05) is 27.2 Å². The minimum atomic E-state index is 1.12. The van der Waals surface area contributed by atoms with Gasteiger partial charge in [0.15, 0.2) is 0 Å². The van der Waals surface area contributed by atoms with Crippen molar-refractivity contribution in [2.45, 2.75) is 0 Å². The molecule has 0 unspecified atom stereocenters. The molecule has 0 aliphatic heterocycles. The fourth-order valence-electron chi connectivity index (χ4n) is 8.07. The van der Waals surface area contributed by atoms with Crippen molar-refractivity contribution < 1.29 is 0 Å². The summed E-state index contributed by atoms with van der Waals surface area (Å²) in [6.07, 6.45) is 0. The van der Waals surface area contributed by atoms with E-state index in [9.17, 15) is 0 Å². The van der Waals surface area contributed by atoms with Crippen molar-refractivity contribution in [3.63, 3.8) is 0 Å². The first-order valence-corrected chi connectivity index (χ1v) is 17.0. The van der Waals surface area contributed by atoms with Gasteiger partial charge in [-0.05, 0) is 73.5 Å². The zero-order valence-electron chi connectivity index (χ0n) is 26.8. The Morgan fingerprint density at radius 3 is 1.59 bits per heavy atom. The van der Waals surface area contributed by atoms with Gasteiger partial charge in [0.05, 0.1) is 11.4 Å². The number of rotatable bonds is 4. The van der Waals surface area contributed by atoms with Crippen molar-refractivity contribution in [3.05, 3.63) is 188 Å². The second-order valence-corrected chi connectivity index (χ2v) is 12.8. The van der Waals surface area contributed by atoms with Crippen LogP contribution < -0.4 is 4.90 Å². The van der Waals surface area contributed by atoms with Crippen molar-refractivity contribution in [1.29, 1.82) is 0 Å². The van der Waals surface area contributed by atoms with E-state index in [2.05, 4.69) is 193 Å². The lowest BCUT2D eigenvalue weighted by Crippen LogP contribution is -2.12. The number of hydrogen-bond acceptors (Lipinski definition) is 1. The highest BCUT2D eigenvalue weighted by Gasteiger charge is 2.28. The van der Waals surface area contributed by atoms with Crippen LogP contribution in [0.3, 0.4) is 0 Å².